The van der Waals surface area contributed by atoms with Gasteiger partial charge in [-0.1, -0.05) is 56.3 Å². The Bertz CT molecular complexity index is 1080. The summed E-state index contributed by atoms with van der Waals surface area (Å²) >= 11 is 0. The fourth-order valence-corrected chi connectivity index (χ4v) is 3.38. The summed E-state index contributed by atoms with van der Waals surface area (Å²) in [6.07, 6.45) is 0. The van der Waals surface area contributed by atoms with Crippen molar-refractivity contribution in [3.8, 4) is 11.1 Å². The van der Waals surface area contributed by atoms with E-state index in [1.165, 1.54) is 5.56 Å². The molecule has 0 atom stereocenters. The predicted molar refractivity (Wildman–Crippen MR) is 112 cm³/mol. The molecular weight excluding hydrogens is 332 g/mol. The topological polar surface area (TPSA) is 42.2 Å². The molecular formula is C23H24N4. The average molecular weight is 356 g/mol. The van der Waals surface area contributed by atoms with Gasteiger partial charge in [0.15, 0.2) is 5.65 Å². The zero-order valence-electron chi connectivity index (χ0n) is 16.2. The van der Waals surface area contributed by atoms with E-state index in [0.717, 1.165) is 39.7 Å². The summed E-state index contributed by atoms with van der Waals surface area (Å²) in [5, 5.41) is 8.27. The first kappa shape index (κ1) is 17.3. The van der Waals surface area contributed by atoms with Crippen molar-refractivity contribution in [2.75, 3.05) is 5.32 Å². The van der Waals surface area contributed by atoms with Gasteiger partial charge < -0.3 is 5.32 Å². The van der Waals surface area contributed by atoms with Crippen LogP contribution in [0, 0.1) is 13.8 Å². The van der Waals surface area contributed by atoms with Crippen LogP contribution in [-0.2, 0) is 0 Å². The number of benzene rings is 2. The lowest BCUT2D eigenvalue weighted by atomic mass is 10.0. The van der Waals surface area contributed by atoms with Gasteiger partial charge in [-0.05, 0) is 43.0 Å². The first-order valence-electron chi connectivity index (χ1n) is 9.32. The van der Waals surface area contributed by atoms with E-state index in [4.69, 9.17) is 10.1 Å². The van der Waals surface area contributed by atoms with Gasteiger partial charge in [-0.25, -0.2) is 4.98 Å². The Morgan fingerprint density at radius 2 is 1.63 bits per heavy atom. The van der Waals surface area contributed by atoms with Gasteiger partial charge in [0.1, 0.15) is 5.82 Å². The molecule has 0 aliphatic rings. The molecule has 27 heavy (non-hydrogen) atoms. The molecule has 0 radical (unpaired) electrons. The first-order chi connectivity index (χ1) is 13.0. The van der Waals surface area contributed by atoms with Crippen molar-refractivity contribution >= 4 is 17.2 Å². The van der Waals surface area contributed by atoms with Crippen LogP contribution in [0.5, 0.6) is 0 Å². The van der Waals surface area contributed by atoms with Gasteiger partial charge in [-0.2, -0.15) is 9.61 Å². The minimum absolute atomic E-state index is 0.524. The molecule has 0 unspecified atom stereocenters. The van der Waals surface area contributed by atoms with Crippen LogP contribution in [0.2, 0.25) is 0 Å². The number of aromatic nitrogens is 3. The van der Waals surface area contributed by atoms with Crippen molar-refractivity contribution < 1.29 is 0 Å². The zero-order valence-corrected chi connectivity index (χ0v) is 16.2. The minimum Gasteiger partial charge on any atom is -0.340 e. The molecule has 0 aliphatic carbocycles. The molecule has 136 valence electrons. The summed E-state index contributed by atoms with van der Waals surface area (Å²) in [4.78, 5) is 4.77. The van der Waals surface area contributed by atoms with E-state index in [2.05, 4.69) is 55.6 Å². The van der Waals surface area contributed by atoms with Crippen LogP contribution in [0.25, 0.3) is 16.8 Å². The molecule has 1 N–H and O–H groups in total. The van der Waals surface area contributed by atoms with E-state index in [9.17, 15) is 0 Å². The number of rotatable bonds is 4. The van der Waals surface area contributed by atoms with Gasteiger partial charge in [0.2, 0.25) is 0 Å². The molecule has 0 bridgehead atoms. The van der Waals surface area contributed by atoms with Crippen molar-refractivity contribution in [2.24, 2.45) is 0 Å². The van der Waals surface area contributed by atoms with Crippen LogP contribution >= 0.6 is 0 Å². The van der Waals surface area contributed by atoms with E-state index in [1.54, 1.807) is 0 Å². The SMILES string of the molecule is Cc1cc(Nc2ccc(C(C)C)cc2)n2nc(C)c(-c3ccccc3)c2n1. The summed E-state index contributed by atoms with van der Waals surface area (Å²) in [6.45, 7) is 8.46. The summed E-state index contributed by atoms with van der Waals surface area (Å²) in [6, 6.07) is 20.9. The first-order valence-corrected chi connectivity index (χ1v) is 9.32. The highest BCUT2D eigenvalue weighted by Gasteiger charge is 2.16. The van der Waals surface area contributed by atoms with Crippen LogP contribution < -0.4 is 5.32 Å². The standard InChI is InChI=1S/C23H24N4/c1-15(2)18-10-12-20(13-11-18)25-21-14-16(3)24-23-22(17(4)26-27(21)23)19-8-6-5-7-9-19/h5-15,25H,1-4H3. The third kappa shape index (κ3) is 3.31. The number of hydrogen-bond acceptors (Lipinski definition) is 3. The van der Waals surface area contributed by atoms with Crippen molar-refractivity contribution in [1.82, 2.24) is 14.6 Å². The Balaban J connectivity index is 1.80. The number of aryl methyl sites for hydroxylation is 2. The molecule has 4 rings (SSSR count). The molecule has 0 aliphatic heterocycles. The second-order valence-corrected chi connectivity index (χ2v) is 7.25. The van der Waals surface area contributed by atoms with Crippen LogP contribution in [0.4, 0.5) is 11.5 Å². The Morgan fingerprint density at radius 3 is 2.30 bits per heavy atom. The molecule has 0 amide bonds. The molecule has 2 aromatic carbocycles. The number of nitrogens with one attached hydrogen (secondary N) is 1. The fraction of sp³-hybridized carbons (Fsp3) is 0.217. The molecule has 0 spiro atoms. The largest absolute Gasteiger partial charge is 0.340 e. The molecule has 0 saturated carbocycles. The Hall–Kier alpha value is -3.14. The maximum atomic E-state index is 4.77. The predicted octanol–water partition coefficient (Wildman–Crippen LogP) is 5.88. The number of anilines is 2. The van der Waals surface area contributed by atoms with E-state index in [0.29, 0.717) is 5.92 Å². The minimum atomic E-state index is 0.524. The Kier molecular flexibility index (Phi) is 4.40. The molecule has 2 heterocycles. The highest BCUT2D eigenvalue weighted by atomic mass is 15.3. The molecule has 4 aromatic rings. The van der Waals surface area contributed by atoms with Crippen LogP contribution in [0.3, 0.4) is 0 Å². The normalized spacial score (nSPS) is 11.3. The summed E-state index contributed by atoms with van der Waals surface area (Å²) in [5.41, 5.74) is 7.39. The summed E-state index contributed by atoms with van der Waals surface area (Å²) < 4.78 is 1.90. The Labute approximate surface area is 159 Å². The monoisotopic (exact) mass is 356 g/mol. The molecule has 0 fully saturated rings. The van der Waals surface area contributed by atoms with Crippen LogP contribution in [0.1, 0.15) is 36.7 Å². The van der Waals surface area contributed by atoms with E-state index in [1.807, 2.05) is 42.6 Å². The van der Waals surface area contributed by atoms with Crippen molar-refractivity contribution in [2.45, 2.75) is 33.6 Å². The number of fused-ring (bicyclic) bond motifs is 1. The highest BCUT2D eigenvalue weighted by Crippen LogP contribution is 2.30. The average Bonchev–Trinajstić information content (AvgIpc) is 2.99. The lowest BCUT2D eigenvalue weighted by Crippen LogP contribution is -2.03. The van der Waals surface area contributed by atoms with Crippen molar-refractivity contribution in [1.29, 1.82) is 0 Å². The van der Waals surface area contributed by atoms with Gasteiger partial charge >= 0.3 is 0 Å². The van der Waals surface area contributed by atoms with Gasteiger partial charge in [0.25, 0.3) is 0 Å². The van der Waals surface area contributed by atoms with E-state index in [-0.39, 0.29) is 0 Å². The fourth-order valence-electron chi connectivity index (χ4n) is 3.38. The smallest absolute Gasteiger partial charge is 0.165 e. The zero-order chi connectivity index (χ0) is 19.0. The lowest BCUT2D eigenvalue weighted by Gasteiger charge is -2.11. The van der Waals surface area contributed by atoms with Crippen molar-refractivity contribution in [3.63, 3.8) is 0 Å². The molecule has 2 aromatic heterocycles. The van der Waals surface area contributed by atoms with Crippen LogP contribution in [-0.4, -0.2) is 14.6 Å². The maximum Gasteiger partial charge on any atom is 0.165 e. The second kappa shape index (κ2) is 6.88. The molecule has 4 nitrogen and oxygen atoms in total. The number of nitrogens with zero attached hydrogens (tertiary/aromatic N) is 3. The van der Waals surface area contributed by atoms with Gasteiger partial charge in [-0.3, -0.25) is 0 Å². The maximum absolute atomic E-state index is 4.77. The highest BCUT2D eigenvalue weighted by molar-refractivity contribution is 5.81. The van der Waals surface area contributed by atoms with Crippen LogP contribution in [0.15, 0.2) is 60.7 Å². The third-order valence-electron chi connectivity index (χ3n) is 4.80. The van der Waals surface area contributed by atoms with Gasteiger partial charge in [0, 0.05) is 23.0 Å². The van der Waals surface area contributed by atoms with Gasteiger partial charge in [-0.15, -0.1) is 0 Å². The molecule has 4 heteroatoms. The van der Waals surface area contributed by atoms with E-state index >= 15 is 0 Å². The summed E-state index contributed by atoms with van der Waals surface area (Å²) in [5.74, 6) is 1.44. The number of hydrogen-bond donors (Lipinski definition) is 1. The van der Waals surface area contributed by atoms with E-state index < -0.39 is 0 Å². The summed E-state index contributed by atoms with van der Waals surface area (Å²) in [7, 11) is 0. The quantitative estimate of drug-likeness (QED) is 0.496. The van der Waals surface area contributed by atoms with Gasteiger partial charge in [0.05, 0.1) is 5.69 Å². The Morgan fingerprint density at radius 1 is 0.926 bits per heavy atom. The second-order valence-electron chi connectivity index (χ2n) is 7.25. The van der Waals surface area contributed by atoms with Crippen molar-refractivity contribution in [3.05, 3.63) is 77.6 Å². The lowest BCUT2D eigenvalue weighted by molar-refractivity contribution is 0.867. The third-order valence-corrected chi connectivity index (χ3v) is 4.80. The molecule has 0 saturated heterocycles.